The number of carbonyl (C=O) groups is 1. The fraction of sp³-hybridized carbons (Fsp3) is 0.350. The third kappa shape index (κ3) is 5.23. The van der Waals surface area contributed by atoms with Crippen LogP contribution in [0.3, 0.4) is 0 Å². The molecule has 7 heteroatoms. The Morgan fingerprint density at radius 1 is 1.19 bits per heavy atom. The highest BCUT2D eigenvalue weighted by molar-refractivity contribution is 7.92. The average Bonchev–Trinajstić information content (AvgIpc) is 2.56. The molecule has 27 heavy (non-hydrogen) atoms. The second-order valence-corrected chi connectivity index (χ2v) is 9.12. The smallest absolute Gasteiger partial charge is 0.241 e. The second kappa shape index (κ2) is 8.31. The van der Waals surface area contributed by atoms with Crippen molar-refractivity contribution in [2.24, 2.45) is 0 Å². The Morgan fingerprint density at radius 3 is 2.48 bits per heavy atom. The van der Waals surface area contributed by atoms with Gasteiger partial charge in [-0.3, -0.25) is 9.10 Å². The quantitative estimate of drug-likeness (QED) is 0.787. The van der Waals surface area contributed by atoms with Crippen LogP contribution < -0.4 is 9.62 Å². The number of nitrogens with zero attached hydrogens (tertiary/aromatic N) is 1. The summed E-state index contributed by atoms with van der Waals surface area (Å²) in [4.78, 5) is 12.6. The molecule has 1 N–H and O–H groups in total. The van der Waals surface area contributed by atoms with Crippen molar-refractivity contribution in [1.82, 2.24) is 5.32 Å². The molecule has 1 amide bonds. The highest BCUT2D eigenvalue weighted by atomic mass is 35.5. The maximum absolute atomic E-state index is 12.6. The maximum atomic E-state index is 12.6. The summed E-state index contributed by atoms with van der Waals surface area (Å²) in [5.41, 5.74) is 4.19. The minimum atomic E-state index is -3.65. The lowest BCUT2D eigenvalue weighted by Gasteiger charge is -2.25. The maximum Gasteiger partial charge on any atom is 0.241 e. The number of hydrogen-bond acceptors (Lipinski definition) is 3. The Hall–Kier alpha value is -2.05. The molecule has 2 aromatic rings. The van der Waals surface area contributed by atoms with E-state index in [4.69, 9.17) is 11.6 Å². The van der Waals surface area contributed by atoms with E-state index in [1.807, 2.05) is 39.0 Å². The van der Waals surface area contributed by atoms with Gasteiger partial charge in [0.2, 0.25) is 15.9 Å². The van der Waals surface area contributed by atoms with Crippen molar-refractivity contribution in [2.45, 2.75) is 33.7 Å². The Balaban J connectivity index is 2.24. The molecular weight excluding hydrogens is 384 g/mol. The number of amides is 1. The molecule has 0 saturated heterocycles. The monoisotopic (exact) mass is 408 g/mol. The number of rotatable bonds is 6. The Labute approximate surface area is 166 Å². The van der Waals surface area contributed by atoms with E-state index < -0.39 is 10.0 Å². The molecule has 0 aromatic heterocycles. The van der Waals surface area contributed by atoms with Crippen molar-refractivity contribution >= 4 is 33.2 Å². The molecule has 0 aliphatic heterocycles. The first-order chi connectivity index (χ1) is 12.5. The zero-order valence-corrected chi connectivity index (χ0v) is 17.8. The minimum Gasteiger partial charge on any atom is -0.348 e. The predicted molar refractivity (Wildman–Crippen MR) is 111 cm³/mol. The summed E-state index contributed by atoms with van der Waals surface area (Å²) in [6, 6.07) is 10.8. The molecule has 2 aromatic carbocycles. The van der Waals surface area contributed by atoms with Crippen LogP contribution in [-0.4, -0.2) is 27.1 Å². The molecular formula is C20H25ClN2O3S. The van der Waals surface area contributed by atoms with Gasteiger partial charge in [-0.2, -0.15) is 0 Å². The first-order valence-electron chi connectivity index (χ1n) is 8.60. The lowest BCUT2D eigenvalue weighted by atomic mass is 10.00. The topological polar surface area (TPSA) is 66.5 Å². The van der Waals surface area contributed by atoms with E-state index in [2.05, 4.69) is 5.32 Å². The van der Waals surface area contributed by atoms with Gasteiger partial charge in [0.25, 0.3) is 0 Å². The number of nitrogens with one attached hydrogen (secondary N) is 1. The summed E-state index contributed by atoms with van der Waals surface area (Å²) in [6.07, 6.45) is 1.08. The van der Waals surface area contributed by atoms with Crippen LogP contribution in [0.2, 0.25) is 5.02 Å². The zero-order chi connectivity index (χ0) is 20.4. The van der Waals surface area contributed by atoms with Gasteiger partial charge in [-0.1, -0.05) is 41.4 Å². The van der Waals surface area contributed by atoms with Crippen LogP contribution in [0.1, 0.15) is 35.2 Å². The van der Waals surface area contributed by atoms with Crippen LogP contribution in [-0.2, 0) is 14.8 Å². The number of halogens is 1. The van der Waals surface area contributed by atoms with Gasteiger partial charge in [-0.05, 0) is 56.5 Å². The first-order valence-corrected chi connectivity index (χ1v) is 10.8. The fourth-order valence-electron chi connectivity index (χ4n) is 2.97. The highest BCUT2D eigenvalue weighted by Gasteiger charge is 2.24. The van der Waals surface area contributed by atoms with Gasteiger partial charge in [0.15, 0.2) is 0 Å². The molecule has 0 fully saturated rings. The first kappa shape index (κ1) is 21.3. The van der Waals surface area contributed by atoms with Crippen molar-refractivity contribution < 1.29 is 13.2 Å². The predicted octanol–water partition coefficient (Wildman–Crippen LogP) is 3.91. The van der Waals surface area contributed by atoms with Gasteiger partial charge in [-0.15, -0.1) is 0 Å². The van der Waals surface area contributed by atoms with Crippen LogP contribution in [0.15, 0.2) is 36.4 Å². The summed E-state index contributed by atoms with van der Waals surface area (Å²) < 4.78 is 25.7. The molecule has 0 aliphatic carbocycles. The van der Waals surface area contributed by atoms with E-state index in [0.717, 1.165) is 27.3 Å². The van der Waals surface area contributed by atoms with Gasteiger partial charge in [-0.25, -0.2) is 8.42 Å². The van der Waals surface area contributed by atoms with E-state index in [9.17, 15) is 13.2 Å². The van der Waals surface area contributed by atoms with Gasteiger partial charge in [0.05, 0.1) is 18.0 Å². The van der Waals surface area contributed by atoms with Crippen LogP contribution in [0.5, 0.6) is 0 Å². The van der Waals surface area contributed by atoms with Crippen molar-refractivity contribution in [3.05, 3.63) is 63.7 Å². The summed E-state index contributed by atoms with van der Waals surface area (Å²) in [6.45, 7) is 7.27. The van der Waals surface area contributed by atoms with Crippen molar-refractivity contribution in [3.8, 4) is 0 Å². The van der Waals surface area contributed by atoms with Crippen LogP contribution in [0, 0.1) is 20.8 Å². The van der Waals surface area contributed by atoms with Gasteiger partial charge in [0.1, 0.15) is 6.54 Å². The molecule has 0 spiro atoms. The highest BCUT2D eigenvalue weighted by Crippen LogP contribution is 2.28. The number of aryl methyl sites for hydroxylation is 2. The normalized spacial score (nSPS) is 12.5. The van der Waals surface area contributed by atoms with Gasteiger partial charge < -0.3 is 5.32 Å². The van der Waals surface area contributed by atoms with E-state index >= 15 is 0 Å². The molecule has 1 unspecified atom stereocenters. The van der Waals surface area contributed by atoms with Crippen LogP contribution in [0.25, 0.3) is 0 Å². The number of hydrogen-bond donors (Lipinski definition) is 1. The Kier molecular flexibility index (Phi) is 6.54. The summed E-state index contributed by atoms with van der Waals surface area (Å²) in [5.74, 6) is -0.381. The van der Waals surface area contributed by atoms with Crippen molar-refractivity contribution in [3.63, 3.8) is 0 Å². The van der Waals surface area contributed by atoms with E-state index in [-0.39, 0.29) is 18.5 Å². The summed E-state index contributed by atoms with van der Waals surface area (Å²) in [7, 11) is -3.65. The molecule has 5 nitrogen and oxygen atoms in total. The third-order valence-corrected chi connectivity index (χ3v) is 6.01. The Morgan fingerprint density at radius 2 is 1.85 bits per heavy atom. The molecule has 0 heterocycles. The fourth-order valence-corrected chi connectivity index (χ4v) is 4.05. The summed E-state index contributed by atoms with van der Waals surface area (Å²) >= 11 is 6.12. The lowest BCUT2D eigenvalue weighted by molar-refractivity contribution is -0.120. The van der Waals surface area contributed by atoms with Crippen LogP contribution in [0.4, 0.5) is 5.69 Å². The molecule has 1 atom stereocenters. The average molecular weight is 409 g/mol. The minimum absolute atomic E-state index is 0.237. The summed E-state index contributed by atoms with van der Waals surface area (Å²) in [5, 5.41) is 3.34. The standard InChI is InChI=1S/C20H25ClN2O3S/c1-13-9-10-14(2)17(11-13)16(4)22-20(24)12-23(27(5,25)26)19-8-6-7-18(21)15(19)3/h6-11,16H,12H2,1-5H3,(H,22,24). The molecule has 0 aliphatic rings. The third-order valence-electron chi connectivity index (χ3n) is 4.47. The van der Waals surface area contributed by atoms with Gasteiger partial charge >= 0.3 is 0 Å². The number of anilines is 1. The van der Waals surface area contributed by atoms with Crippen molar-refractivity contribution in [1.29, 1.82) is 0 Å². The van der Waals surface area contributed by atoms with E-state index in [0.29, 0.717) is 16.3 Å². The molecule has 2 rings (SSSR count). The number of benzene rings is 2. The largest absolute Gasteiger partial charge is 0.348 e. The van der Waals surface area contributed by atoms with E-state index in [1.54, 1.807) is 25.1 Å². The van der Waals surface area contributed by atoms with Gasteiger partial charge in [0, 0.05) is 5.02 Å². The van der Waals surface area contributed by atoms with E-state index in [1.165, 1.54) is 0 Å². The molecule has 0 saturated carbocycles. The molecule has 0 bridgehead atoms. The second-order valence-electron chi connectivity index (χ2n) is 6.80. The van der Waals surface area contributed by atoms with Crippen LogP contribution >= 0.6 is 11.6 Å². The zero-order valence-electron chi connectivity index (χ0n) is 16.2. The number of sulfonamides is 1. The lowest BCUT2D eigenvalue weighted by Crippen LogP contribution is -2.41. The van der Waals surface area contributed by atoms with Crippen molar-refractivity contribution in [2.75, 3.05) is 17.1 Å². The SMILES string of the molecule is Cc1ccc(C)c(C(C)NC(=O)CN(c2cccc(Cl)c2C)S(C)(=O)=O)c1. The Bertz CT molecular complexity index is 958. The number of carbonyl (C=O) groups excluding carboxylic acids is 1. The molecule has 0 radical (unpaired) electrons. The molecule has 146 valence electrons.